The van der Waals surface area contributed by atoms with Crippen LogP contribution in [0.2, 0.25) is 0 Å². The summed E-state index contributed by atoms with van der Waals surface area (Å²) in [6.45, 7) is 0.963. The summed E-state index contributed by atoms with van der Waals surface area (Å²) in [7, 11) is 6.09. The SMILES string of the molecule is C[N+](C)(C)CCCOC(=O)[C@](O)(c1ccccc1)[C@@H]1CCC(F)(F)C1.[Br-]. The third kappa shape index (κ3) is 5.72. The molecule has 1 aliphatic rings. The van der Waals surface area contributed by atoms with Crippen LogP contribution in [0.1, 0.15) is 31.2 Å². The number of carbonyl (C=O) groups excluding carboxylic acids is 1. The highest BCUT2D eigenvalue weighted by molar-refractivity contribution is 5.81. The van der Waals surface area contributed by atoms with E-state index in [9.17, 15) is 18.7 Å². The van der Waals surface area contributed by atoms with Crippen molar-refractivity contribution in [2.45, 2.75) is 37.2 Å². The number of aliphatic hydroxyl groups is 1. The number of hydrogen-bond donors (Lipinski definition) is 1. The maximum absolute atomic E-state index is 13.7. The molecular weight excluding hydrogens is 408 g/mol. The van der Waals surface area contributed by atoms with Crippen LogP contribution in [-0.4, -0.2) is 55.8 Å². The van der Waals surface area contributed by atoms with Gasteiger partial charge in [0.2, 0.25) is 5.92 Å². The molecule has 26 heavy (non-hydrogen) atoms. The summed E-state index contributed by atoms with van der Waals surface area (Å²) in [4.78, 5) is 12.7. The van der Waals surface area contributed by atoms with Crippen LogP contribution in [0.4, 0.5) is 8.78 Å². The molecule has 1 aromatic rings. The van der Waals surface area contributed by atoms with E-state index in [-0.39, 0.29) is 36.4 Å². The van der Waals surface area contributed by atoms with E-state index in [0.717, 1.165) is 11.0 Å². The molecule has 0 unspecified atom stereocenters. The third-order valence-corrected chi connectivity index (χ3v) is 4.73. The van der Waals surface area contributed by atoms with Crippen LogP contribution in [0, 0.1) is 5.92 Å². The van der Waals surface area contributed by atoms with E-state index in [0.29, 0.717) is 12.0 Å². The van der Waals surface area contributed by atoms with Gasteiger partial charge < -0.3 is 31.3 Å². The fourth-order valence-electron chi connectivity index (χ4n) is 3.33. The van der Waals surface area contributed by atoms with Crippen molar-refractivity contribution >= 4 is 5.97 Å². The molecule has 7 heteroatoms. The highest BCUT2D eigenvalue weighted by Gasteiger charge is 2.54. The van der Waals surface area contributed by atoms with Crippen molar-refractivity contribution in [2.24, 2.45) is 5.92 Å². The van der Waals surface area contributed by atoms with Crippen molar-refractivity contribution in [1.82, 2.24) is 0 Å². The highest BCUT2D eigenvalue weighted by atomic mass is 79.9. The lowest BCUT2D eigenvalue weighted by Gasteiger charge is -2.32. The Morgan fingerprint density at radius 2 is 1.92 bits per heavy atom. The molecule has 0 spiro atoms. The fourth-order valence-corrected chi connectivity index (χ4v) is 3.33. The van der Waals surface area contributed by atoms with Crippen LogP contribution in [-0.2, 0) is 15.1 Å². The first-order chi connectivity index (χ1) is 11.5. The van der Waals surface area contributed by atoms with Gasteiger partial charge in [-0.2, -0.15) is 0 Å². The van der Waals surface area contributed by atoms with Gasteiger partial charge in [0, 0.05) is 25.2 Å². The zero-order valence-electron chi connectivity index (χ0n) is 15.6. The van der Waals surface area contributed by atoms with E-state index in [1.807, 2.05) is 21.1 Å². The first kappa shape index (κ1) is 23.0. The molecule has 2 atom stereocenters. The minimum atomic E-state index is -2.85. The number of halogens is 3. The summed E-state index contributed by atoms with van der Waals surface area (Å²) in [6, 6.07) is 8.28. The molecule has 0 amide bonds. The van der Waals surface area contributed by atoms with Gasteiger partial charge in [0.05, 0.1) is 34.3 Å². The molecule has 2 rings (SSSR count). The Hall–Kier alpha value is -1.05. The predicted octanol–water partition coefficient (Wildman–Crippen LogP) is -0.0469. The van der Waals surface area contributed by atoms with E-state index >= 15 is 0 Å². The normalized spacial score (nSPS) is 21.5. The monoisotopic (exact) mass is 435 g/mol. The molecule has 0 radical (unpaired) electrons. The summed E-state index contributed by atoms with van der Waals surface area (Å²) in [5.74, 6) is -4.53. The summed E-state index contributed by atoms with van der Waals surface area (Å²) in [5, 5.41) is 11.1. The van der Waals surface area contributed by atoms with Gasteiger partial charge in [-0.05, 0) is 12.0 Å². The van der Waals surface area contributed by atoms with E-state index in [4.69, 9.17) is 4.74 Å². The number of benzene rings is 1. The van der Waals surface area contributed by atoms with Crippen LogP contribution in [0.15, 0.2) is 30.3 Å². The van der Waals surface area contributed by atoms with Crippen molar-refractivity contribution in [3.05, 3.63) is 35.9 Å². The predicted molar refractivity (Wildman–Crippen MR) is 91.1 cm³/mol. The Labute approximate surface area is 164 Å². The Morgan fingerprint density at radius 1 is 1.31 bits per heavy atom. The second-order valence-corrected chi connectivity index (χ2v) is 7.93. The molecule has 1 fully saturated rings. The lowest BCUT2D eigenvalue weighted by molar-refractivity contribution is -0.870. The van der Waals surface area contributed by atoms with Crippen molar-refractivity contribution < 1.29 is 44.9 Å². The minimum absolute atomic E-state index is 0. The standard InChI is InChI=1S/C19H28F2NO3.BrH/c1-22(2,3)12-7-13-25-17(23)19(24,15-8-5-4-6-9-15)16-10-11-18(20,21)14-16;/h4-6,8-9,16,24H,7,10-14H2,1-3H3;1H/q+1;/p-1/t16-,19+;/m1./s1. The molecule has 1 saturated carbocycles. The summed E-state index contributed by atoms with van der Waals surface area (Å²) in [5.41, 5.74) is -1.72. The first-order valence-electron chi connectivity index (χ1n) is 8.68. The molecule has 0 aromatic heterocycles. The fraction of sp³-hybridized carbons (Fsp3) is 0.632. The van der Waals surface area contributed by atoms with Gasteiger partial charge in [0.15, 0.2) is 5.60 Å². The van der Waals surface area contributed by atoms with Gasteiger partial charge in [-0.1, -0.05) is 30.3 Å². The quantitative estimate of drug-likeness (QED) is 0.371. The molecule has 148 valence electrons. The van der Waals surface area contributed by atoms with Crippen LogP contribution in [0.5, 0.6) is 0 Å². The van der Waals surface area contributed by atoms with Crippen molar-refractivity contribution in [3.63, 3.8) is 0 Å². The van der Waals surface area contributed by atoms with Gasteiger partial charge in [0.1, 0.15) is 0 Å². The van der Waals surface area contributed by atoms with Crippen LogP contribution >= 0.6 is 0 Å². The van der Waals surface area contributed by atoms with Crippen molar-refractivity contribution in [2.75, 3.05) is 34.3 Å². The Morgan fingerprint density at radius 3 is 2.42 bits per heavy atom. The number of hydrogen-bond acceptors (Lipinski definition) is 3. The first-order valence-corrected chi connectivity index (χ1v) is 8.68. The lowest BCUT2D eigenvalue weighted by atomic mass is 9.80. The molecule has 0 heterocycles. The molecule has 1 aliphatic carbocycles. The average Bonchev–Trinajstić information content (AvgIpc) is 2.91. The number of carbonyl (C=O) groups is 1. The van der Waals surface area contributed by atoms with Gasteiger partial charge in [0.25, 0.3) is 0 Å². The smallest absolute Gasteiger partial charge is 0.343 e. The topological polar surface area (TPSA) is 46.5 Å². The average molecular weight is 436 g/mol. The van der Waals surface area contributed by atoms with Crippen LogP contribution in [0.25, 0.3) is 0 Å². The molecular formula is C19H28BrF2NO3. The third-order valence-electron chi connectivity index (χ3n) is 4.73. The maximum Gasteiger partial charge on any atom is 0.343 e. The summed E-state index contributed by atoms with van der Waals surface area (Å²) < 4.78 is 33.4. The van der Waals surface area contributed by atoms with Crippen LogP contribution < -0.4 is 17.0 Å². The van der Waals surface area contributed by atoms with E-state index < -0.39 is 29.8 Å². The molecule has 0 aliphatic heterocycles. The molecule has 4 nitrogen and oxygen atoms in total. The van der Waals surface area contributed by atoms with E-state index in [1.165, 1.54) is 0 Å². The lowest BCUT2D eigenvalue weighted by Crippen LogP contribution is -3.00. The zero-order valence-corrected chi connectivity index (χ0v) is 17.1. The molecule has 0 saturated heterocycles. The van der Waals surface area contributed by atoms with Gasteiger partial charge in [-0.15, -0.1) is 0 Å². The van der Waals surface area contributed by atoms with E-state index in [1.54, 1.807) is 30.3 Å². The second kappa shape index (κ2) is 8.76. The number of rotatable bonds is 7. The number of ether oxygens (including phenoxy) is 1. The number of nitrogens with zero attached hydrogens (tertiary/aromatic N) is 1. The van der Waals surface area contributed by atoms with Crippen molar-refractivity contribution in [3.8, 4) is 0 Å². The van der Waals surface area contributed by atoms with Gasteiger partial charge >= 0.3 is 5.97 Å². The largest absolute Gasteiger partial charge is 1.00 e. The second-order valence-electron chi connectivity index (χ2n) is 7.93. The summed E-state index contributed by atoms with van der Waals surface area (Å²) >= 11 is 0. The van der Waals surface area contributed by atoms with E-state index in [2.05, 4.69) is 0 Å². The molecule has 1 aromatic carbocycles. The molecule has 0 bridgehead atoms. The van der Waals surface area contributed by atoms with Gasteiger partial charge in [-0.3, -0.25) is 0 Å². The highest BCUT2D eigenvalue weighted by Crippen LogP contribution is 2.47. The number of alkyl halides is 2. The summed E-state index contributed by atoms with van der Waals surface area (Å²) in [6.07, 6.45) is -0.0960. The van der Waals surface area contributed by atoms with Crippen molar-refractivity contribution in [1.29, 1.82) is 0 Å². The van der Waals surface area contributed by atoms with Gasteiger partial charge in [-0.25, -0.2) is 13.6 Å². The Kier molecular flexibility index (Phi) is 7.74. The Bertz CT molecular complexity index is 592. The number of quaternary nitrogens is 1. The van der Waals surface area contributed by atoms with Crippen LogP contribution in [0.3, 0.4) is 0 Å². The minimum Gasteiger partial charge on any atom is -1.00 e. The number of esters is 1. The maximum atomic E-state index is 13.7. The Balaban J connectivity index is 0.00000338. The molecule has 1 N–H and O–H groups in total. The zero-order chi connectivity index (χ0) is 18.7.